The van der Waals surface area contributed by atoms with Gasteiger partial charge in [-0.2, -0.15) is 0 Å². The molecular weight excluding hydrogens is 278 g/mol. The first kappa shape index (κ1) is 12.8. The number of halogens is 1. The second-order valence-electron chi connectivity index (χ2n) is 4.91. The van der Waals surface area contributed by atoms with Crippen LogP contribution in [0.25, 0.3) is 0 Å². The minimum Gasteiger partial charge on any atom is -0.367 e. The highest BCUT2D eigenvalue weighted by Gasteiger charge is 2.20. The first-order valence-electron chi connectivity index (χ1n) is 6.27. The standard InChI is InChI=1S/C13H20BrN3/c1-10(2)17-7-5-12(6-8-17)16-13-4-3-11(14)9-15-13/h3-4,9-10,12H,5-8H2,1-2H3,(H,15,16). The van der Waals surface area contributed by atoms with Crippen molar-refractivity contribution in [3.05, 3.63) is 22.8 Å². The Labute approximate surface area is 112 Å². The minimum absolute atomic E-state index is 0.568. The van der Waals surface area contributed by atoms with E-state index in [-0.39, 0.29) is 0 Å². The van der Waals surface area contributed by atoms with Crippen LogP contribution in [0.2, 0.25) is 0 Å². The summed E-state index contributed by atoms with van der Waals surface area (Å²) in [5.41, 5.74) is 0. The van der Waals surface area contributed by atoms with Crippen molar-refractivity contribution in [2.24, 2.45) is 0 Å². The Bertz CT molecular complexity index is 342. The molecule has 94 valence electrons. The van der Waals surface area contributed by atoms with Crippen LogP contribution in [-0.2, 0) is 0 Å². The van der Waals surface area contributed by atoms with Gasteiger partial charge in [-0.25, -0.2) is 4.98 Å². The third kappa shape index (κ3) is 3.68. The van der Waals surface area contributed by atoms with Gasteiger partial charge in [0.25, 0.3) is 0 Å². The van der Waals surface area contributed by atoms with E-state index in [4.69, 9.17) is 0 Å². The molecule has 0 unspecified atom stereocenters. The molecule has 1 N–H and O–H groups in total. The van der Waals surface area contributed by atoms with E-state index < -0.39 is 0 Å². The number of likely N-dealkylation sites (tertiary alicyclic amines) is 1. The molecular formula is C13H20BrN3. The number of aromatic nitrogens is 1. The zero-order chi connectivity index (χ0) is 12.3. The normalized spacial score (nSPS) is 18.6. The molecule has 3 nitrogen and oxygen atoms in total. The van der Waals surface area contributed by atoms with E-state index in [1.165, 1.54) is 25.9 Å². The van der Waals surface area contributed by atoms with E-state index in [9.17, 15) is 0 Å². The predicted molar refractivity (Wildman–Crippen MR) is 75.3 cm³/mol. The van der Waals surface area contributed by atoms with E-state index in [0.29, 0.717) is 12.1 Å². The zero-order valence-corrected chi connectivity index (χ0v) is 12.1. The van der Waals surface area contributed by atoms with Crippen molar-refractivity contribution in [2.45, 2.75) is 38.8 Å². The molecule has 2 heterocycles. The van der Waals surface area contributed by atoms with Gasteiger partial charge in [0.05, 0.1) is 0 Å². The molecule has 1 aromatic rings. The van der Waals surface area contributed by atoms with Gasteiger partial charge >= 0.3 is 0 Å². The van der Waals surface area contributed by atoms with Gasteiger partial charge in [0, 0.05) is 35.8 Å². The maximum absolute atomic E-state index is 4.35. The fraction of sp³-hybridized carbons (Fsp3) is 0.615. The van der Waals surface area contributed by atoms with Crippen LogP contribution in [0.1, 0.15) is 26.7 Å². The first-order valence-corrected chi connectivity index (χ1v) is 7.06. The van der Waals surface area contributed by atoms with Crippen LogP contribution in [0.15, 0.2) is 22.8 Å². The summed E-state index contributed by atoms with van der Waals surface area (Å²) in [7, 11) is 0. The molecule has 1 saturated heterocycles. The van der Waals surface area contributed by atoms with Crippen LogP contribution in [-0.4, -0.2) is 35.1 Å². The second kappa shape index (κ2) is 5.83. The number of pyridine rings is 1. The largest absolute Gasteiger partial charge is 0.367 e. The van der Waals surface area contributed by atoms with Crippen LogP contribution in [0.5, 0.6) is 0 Å². The second-order valence-corrected chi connectivity index (χ2v) is 5.83. The van der Waals surface area contributed by atoms with Crippen molar-refractivity contribution in [3.63, 3.8) is 0 Å². The van der Waals surface area contributed by atoms with Gasteiger partial charge in [-0.3, -0.25) is 0 Å². The van der Waals surface area contributed by atoms with E-state index >= 15 is 0 Å². The Hall–Kier alpha value is -0.610. The van der Waals surface area contributed by atoms with Crippen LogP contribution in [0, 0.1) is 0 Å². The van der Waals surface area contributed by atoms with Crippen molar-refractivity contribution in [1.29, 1.82) is 0 Å². The average Bonchev–Trinajstić information content (AvgIpc) is 2.33. The summed E-state index contributed by atoms with van der Waals surface area (Å²) < 4.78 is 1.03. The number of anilines is 1. The van der Waals surface area contributed by atoms with E-state index in [0.717, 1.165) is 10.3 Å². The summed E-state index contributed by atoms with van der Waals surface area (Å²) in [6.45, 7) is 6.91. The van der Waals surface area contributed by atoms with Crippen LogP contribution in [0.4, 0.5) is 5.82 Å². The molecule has 0 spiro atoms. The number of hydrogen-bond donors (Lipinski definition) is 1. The summed E-state index contributed by atoms with van der Waals surface area (Å²) in [5, 5.41) is 3.51. The van der Waals surface area contributed by atoms with Gasteiger partial charge in [-0.15, -0.1) is 0 Å². The lowest BCUT2D eigenvalue weighted by Gasteiger charge is -2.35. The molecule has 0 radical (unpaired) electrons. The molecule has 1 fully saturated rings. The van der Waals surface area contributed by atoms with Crippen molar-refractivity contribution < 1.29 is 0 Å². The molecule has 0 amide bonds. The SMILES string of the molecule is CC(C)N1CCC(Nc2ccc(Br)cn2)CC1. The van der Waals surface area contributed by atoms with Crippen molar-refractivity contribution in [1.82, 2.24) is 9.88 Å². The van der Waals surface area contributed by atoms with Crippen molar-refractivity contribution >= 4 is 21.7 Å². The van der Waals surface area contributed by atoms with E-state index in [2.05, 4.69) is 45.0 Å². The van der Waals surface area contributed by atoms with Gasteiger partial charge in [0.15, 0.2) is 0 Å². The molecule has 4 heteroatoms. The van der Waals surface area contributed by atoms with E-state index in [1.807, 2.05) is 18.3 Å². The number of rotatable bonds is 3. The number of hydrogen-bond acceptors (Lipinski definition) is 3. The maximum Gasteiger partial charge on any atom is 0.126 e. The lowest BCUT2D eigenvalue weighted by Crippen LogP contribution is -2.42. The van der Waals surface area contributed by atoms with Gasteiger partial charge < -0.3 is 10.2 Å². The lowest BCUT2D eigenvalue weighted by molar-refractivity contribution is 0.177. The highest BCUT2D eigenvalue weighted by Crippen LogP contribution is 2.17. The number of nitrogens with one attached hydrogen (secondary N) is 1. The Morgan fingerprint density at radius 3 is 2.59 bits per heavy atom. The van der Waals surface area contributed by atoms with E-state index in [1.54, 1.807) is 0 Å². The zero-order valence-electron chi connectivity index (χ0n) is 10.5. The average molecular weight is 298 g/mol. The van der Waals surface area contributed by atoms with Crippen LogP contribution >= 0.6 is 15.9 Å². The Balaban J connectivity index is 1.84. The van der Waals surface area contributed by atoms with Gasteiger partial charge in [0.1, 0.15) is 5.82 Å². The smallest absolute Gasteiger partial charge is 0.126 e. The van der Waals surface area contributed by atoms with Gasteiger partial charge in [-0.05, 0) is 54.8 Å². The molecule has 1 aliphatic heterocycles. The highest BCUT2D eigenvalue weighted by atomic mass is 79.9. The molecule has 0 saturated carbocycles. The first-order chi connectivity index (χ1) is 8.15. The summed E-state index contributed by atoms with van der Waals surface area (Å²) >= 11 is 3.40. The van der Waals surface area contributed by atoms with Gasteiger partial charge in [-0.1, -0.05) is 0 Å². The molecule has 1 aliphatic rings. The monoisotopic (exact) mass is 297 g/mol. The molecule has 2 rings (SSSR count). The Kier molecular flexibility index (Phi) is 4.40. The molecule has 0 aromatic carbocycles. The fourth-order valence-corrected chi connectivity index (χ4v) is 2.47. The molecule has 0 atom stereocenters. The predicted octanol–water partition coefficient (Wildman–Crippen LogP) is 3.13. The van der Waals surface area contributed by atoms with Crippen molar-refractivity contribution in [3.8, 4) is 0 Å². The summed E-state index contributed by atoms with van der Waals surface area (Å²) in [6.07, 6.45) is 4.25. The highest BCUT2D eigenvalue weighted by molar-refractivity contribution is 9.10. The topological polar surface area (TPSA) is 28.2 Å². The number of nitrogens with zero attached hydrogens (tertiary/aromatic N) is 2. The quantitative estimate of drug-likeness (QED) is 0.929. The number of piperidine rings is 1. The molecule has 17 heavy (non-hydrogen) atoms. The van der Waals surface area contributed by atoms with Crippen molar-refractivity contribution in [2.75, 3.05) is 18.4 Å². The summed E-state index contributed by atoms with van der Waals surface area (Å²) in [4.78, 5) is 6.89. The Morgan fingerprint density at radius 1 is 1.35 bits per heavy atom. The lowest BCUT2D eigenvalue weighted by atomic mass is 10.0. The minimum atomic E-state index is 0.568. The Morgan fingerprint density at radius 2 is 2.06 bits per heavy atom. The van der Waals surface area contributed by atoms with Gasteiger partial charge in [0.2, 0.25) is 0 Å². The molecule has 0 aliphatic carbocycles. The fourth-order valence-electron chi connectivity index (χ4n) is 2.23. The molecule has 1 aromatic heterocycles. The van der Waals surface area contributed by atoms with Crippen LogP contribution < -0.4 is 5.32 Å². The summed E-state index contributed by atoms with van der Waals surface area (Å²) in [5.74, 6) is 0.983. The third-order valence-electron chi connectivity index (χ3n) is 3.34. The van der Waals surface area contributed by atoms with Crippen LogP contribution in [0.3, 0.4) is 0 Å². The third-order valence-corrected chi connectivity index (χ3v) is 3.81. The maximum atomic E-state index is 4.35. The molecule has 0 bridgehead atoms. The summed E-state index contributed by atoms with van der Waals surface area (Å²) in [6, 6.07) is 5.29.